The number of hydrogen-bond acceptors (Lipinski definition) is 3. The maximum absolute atomic E-state index is 9.10. The second-order valence-corrected chi connectivity index (χ2v) is 6.15. The van der Waals surface area contributed by atoms with Crippen molar-refractivity contribution in [2.45, 2.75) is 24.8 Å². The van der Waals surface area contributed by atoms with Crippen molar-refractivity contribution >= 4 is 39.5 Å². The van der Waals surface area contributed by atoms with Crippen LogP contribution >= 0.6 is 27.5 Å². The summed E-state index contributed by atoms with van der Waals surface area (Å²) in [5.41, 5.74) is 1.35. The van der Waals surface area contributed by atoms with E-state index >= 15 is 0 Å². The lowest BCUT2D eigenvalue weighted by Gasteiger charge is -2.29. The lowest BCUT2D eigenvalue weighted by molar-refractivity contribution is -0.159. The van der Waals surface area contributed by atoms with Crippen molar-refractivity contribution in [1.82, 2.24) is 4.90 Å². The quantitative estimate of drug-likeness (QED) is 0.611. The first-order chi connectivity index (χ1) is 9.90. The second-order valence-electron chi connectivity index (χ2n) is 4.68. The van der Waals surface area contributed by atoms with E-state index in [0.717, 1.165) is 19.5 Å². The molecule has 0 bridgehead atoms. The Balaban J connectivity index is 0.000000315. The van der Waals surface area contributed by atoms with Crippen molar-refractivity contribution in [1.29, 1.82) is 0 Å². The standard InChI is InChI=1S/C12H15BrClN.C2H2O4/c13-12-6-2-1-4-10(12)8-15-7-3-5-11(14)9-15;3-1(4)2(5)6/h1-2,4,6,11H,3,5,7-9H2;(H,3,4)(H,5,6). The van der Waals surface area contributed by atoms with Crippen LogP contribution < -0.4 is 0 Å². The van der Waals surface area contributed by atoms with Gasteiger partial charge in [-0.05, 0) is 31.0 Å². The molecule has 1 aromatic rings. The molecule has 1 atom stereocenters. The van der Waals surface area contributed by atoms with Gasteiger partial charge in [0.25, 0.3) is 0 Å². The third-order valence-corrected chi connectivity index (χ3v) is 4.11. The van der Waals surface area contributed by atoms with Gasteiger partial charge in [0.1, 0.15) is 0 Å². The summed E-state index contributed by atoms with van der Waals surface area (Å²) >= 11 is 9.74. The van der Waals surface area contributed by atoms with Gasteiger partial charge in [0, 0.05) is 22.9 Å². The summed E-state index contributed by atoms with van der Waals surface area (Å²) in [5.74, 6) is -3.65. The summed E-state index contributed by atoms with van der Waals surface area (Å²) in [6, 6.07) is 8.40. The molecule has 5 nitrogen and oxygen atoms in total. The van der Waals surface area contributed by atoms with Crippen molar-refractivity contribution in [2.24, 2.45) is 0 Å². The van der Waals surface area contributed by atoms with Crippen LogP contribution in [0.2, 0.25) is 0 Å². The lowest BCUT2D eigenvalue weighted by Crippen LogP contribution is -2.35. The van der Waals surface area contributed by atoms with E-state index in [-0.39, 0.29) is 0 Å². The van der Waals surface area contributed by atoms with Crippen LogP contribution in [0, 0.1) is 0 Å². The summed E-state index contributed by atoms with van der Waals surface area (Å²) < 4.78 is 1.20. The van der Waals surface area contributed by atoms with E-state index in [1.54, 1.807) is 0 Å². The van der Waals surface area contributed by atoms with E-state index in [1.165, 1.54) is 23.0 Å². The summed E-state index contributed by atoms with van der Waals surface area (Å²) in [6.45, 7) is 3.19. The fraction of sp³-hybridized carbons (Fsp3) is 0.429. The molecule has 0 amide bonds. The van der Waals surface area contributed by atoms with E-state index in [0.29, 0.717) is 5.38 Å². The second kappa shape index (κ2) is 9.02. The minimum atomic E-state index is -1.82. The van der Waals surface area contributed by atoms with E-state index < -0.39 is 11.9 Å². The lowest BCUT2D eigenvalue weighted by atomic mass is 10.1. The van der Waals surface area contributed by atoms with Gasteiger partial charge in [0.15, 0.2) is 0 Å². The minimum Gasteiger partial charge on any atom is -0.473 e. The van der Waals surface area contributed by atoms with Crippen LogP contribution in [0.25, 0.3) is 0 Å². The molecule has 0 spiro atoms. The number of rotatable bonds is 2. The molecule has 7 heteroatoms. The summed E-state index contributed by atoms with van der Waals surface area (Å²) in [4.78, 5) is 20.6. The van der Waals surface area contributed by atoms with Crippen LogP contribution in [0.4, 0.5) is 0 Å². The van der Waals surface area contributed by atoms with Crippen molar-refractivity contribution in [3.8, 4) is 0 Å². The highest BCUT2D eigenvalue weighted by Crippen LogP contribution is 2.21. The topological polar surface area (TPSA) is 77.8 Å². The van der Waals surface area contributed by atoms with Gasteiger partial charge < -0.3 is 10.2 Å². The predicted molar refractivity (Wildman–Crippen MR) is 83.6 cm³/mol. The maximum atomic E-state index is 9.10. The molecule has 21 heavy (non-hydrogen) atoms. The number of carbonyl (C=O) groups is 2. The fourth-order valence-corrected chi connectivity index (χ4v) is 2.77. The maximum Gasteiger partial charge on any atom is 0.414 e. The molecule has 1 aromatic carbocycles. The number of alkyl halides is 1. The van der Waals surface area contributed by atoms with Crippen LogP contribution in [0.3, 0.4) is 0 Å². The van der Waals surface area contributed by atoms with Gasteiger partial charge in [0.05, 0.1) is 0 Å². The van der Waals surface area contributed by atoms with Crippen molar-refractivity contribution in [3.63, 3.8) is 0 Å². The molecule has 1 saturated heterocycles. The van der Waals surface area contributed by atoms with Crippen molar-refractivity contribution in [2.75, 3.05) is 13.1 Å². The number of carboxylic acids is 2. The highest BCUT2D eigenvalue weighted by Gasteiger charge is 2.18. The Bertz CT molecular complexity index is 486. The number of piperidine rings is 1. The van der Waals surface area contributed by atoms with Gasteiger partial charge >= 0.3 is 11.9 Å². The zero-order valence-electron chi connectivity index (χ0n) is 11.3. The van der Waals surface area contributed by atoms with Crippen LogP contribution in [-0.4, -0.2) is 45.5 Å². The van der Waals surface area contributed by atoms with Crippen molar-refractivity contribution < 1.29 is 19.8 Å². The van der Waals surface area contributed by atoms with Crippen LogP contribution in [0.5, 0.6) is 0 Å². The predicted octanol–water partition coefficient (Wildman–Crippen LogP) is 2.81. The molecule has 0 radical (unpaired) electrons. The summed E-state index contributed by atoms with van der Waals surface area (Å²) in [7, 11) is 0. The number of benzene rings is 1. The molecular formula is C14H17BrClNO4. The first-order valence-electron chi connectivity index (χ1n) is 6.46. The van der Waals surface area contributed by atoms with Gasteiger partial charge in [-0.1, -0.05) is 34.1 Å². The zero-order valence-corrected chi connectivity index (χ0v) is 13.7. The molecular weight excluding hydrogens is 362 g/mol. The molecule has 1 fully saturated rings. The highest BCUT2D eigenvalue weighted by molar-refractivity contribution is 9.10. The Labute approximate surface area is 136 Å². The Morgan fingerprint density at radius 2 is 1.90 bits per heavy atom. The number of hydrogen-bond donors (Lipinski definition) is 2. The number of halogens is 2. The molecule has 2 N–H and O–H groups in total. The molecule has 116 valence electrons. The Morgan fingerprint density at radius 3 is 2.43 bits per heavy atom. The molecule has 1 unspecified atom stereocenters. The van der Waals surface area contributed by atoms with E-state index in [1.807, 2.05) is 6.07 Å². The molecule has 0 aliphatic carbocycles. The number of nitrogens with zero attached hydrogens (tertiary/aromatic N) is 1. The van der Waals surface area contributed by atoms with Gasteiger partial charge in [-0.25, -0.2) is 9.59 Å². The van der Waals surface area contributed by atoms with E-state index in [2.05, 4.69) is 39.0 Å². The van der Waals surface area contributed by atoms with Crippen LogP contribution in [0.1, 0.15) is 18.4 Å². The number of aliphatic carboxylic acids is 2. The molecule has 2 rings (SSSR count). The molecule has 1 aliphatic rings. The molecule has 0 saturated carbocycles. The average Bonchev–Trinajstić information content (AvgIpc) is 2.42. The normalized spacial score (nSPS) is 18.5. The van der Waals surface area contributed by atoms with Crippen molar-refractivity contribution in [3.05, 3.63) is 34.3 Å². The molecule has 0 aromatic heterocycles. The smallest absolute Gasteiger partial charge is 0.414 e. The number of carboxylic acid groups (broad SMARTS) is 2. The zero-order chi connectivity index (χ0) is 15.8. The first-order valence-corrected chi connectivity index (χ1v) is 7.69. The summed E-state index contributed by atoms with van der Waals surface area (Å²) in [5, 5.41) is 15.1. The number of likely N-dealkylation sites (tertiary alicyclic amines) is 1. The molecule has 1 heterocycles. The average molecular weight is 379 g/mol. The minimum absolute atomic E-state index is 0.334. The van der Waals surface area contributed by atoms with E-state index in [9.17, 15) is 0 Å². The molecule has 1 aliphatic heterocycles. The van der Waals surface area contributed by atoms with Gasteiger partial charge in [-0.15, -0.1) is 11.6 Å². The third kappa shape index (κ3) is 6.93. The van der Waals surface area contributed by atoms with Crippen LogP contribution in [0.15, 0.2) is 28.7 Å². The fourth-order valence-electron chi connectivity index (χ4n) is 2.01. The monoisotopic (exact) mass is 377 g/mol. The van der Waals surface area contributed by atoms with E-state index in [4.69, 9.17) is 31.4 Å². The van der Waals surface area contributed by atoms with Gasteiger partial charge in [-0.2, -0.15) is 0 Å². The first kappa shape index (κ1) is 17.9. The summed E-state index contributed by atoms with van der Waals surface area (Å²) in [6.07, 6.45) is 2.38. The SMILES string of the molecule is ClC1CCCN(Cc2ccccc2Br)C1.O=C(O)C(=O)O. The Kier molecular flexibility index (Phi) is 7.71. The van der Waals surface area contributed by atoms with Gasteiger partial charge in [0.2, 0.25) is 0 Å². The largest absolute Gasteiger partial charge is 0.473 e. The Morgan fingerprint density at radius 1 is 1.29 bits per heavy atom. The highest BCUT2D eigenvalue weighted by atomic mass is 79.9. The van der Waals surface area contributed by atoms with Gasteiger partial charge in [-0.3, -0.25) is 4.90 Å². The Hall–Kier alpha value is -1.11. The third-order valence-electron chi connectivity index (χ3n) is 2.98. The van der Waals surface area contributed by atoms with Crippen LogP contribution in [-0.2, 0) is 16.1 Å².